The number of ether oxygens (including phenoxy) is 2. The standard InChI is InChI=1S/C30H56O4/c1-5-7-9-11-13-15-17-19-23-33-29(31)27-22-21-25(3)26(4)28(27)30(32)34-24-20-18-16-14-12-10-8-6-2/h25-28H,5-24H2,1-4H3. The van der Waals surface area contributed by atoms with Crippen LogP contribution in [0, 0.1) is 23.7 Å². The minimum atomic E-state index is -0.358. The fourth-order valence-corrected chi connectivity index (χ4v) is 5.27. The normalized spacial score (nSPS) is 22.5. The molecule has 200 valence electrons. The van der Waals surface area contributed by atoms with Crippen LogP contribution in [0.15, 0.2) is 0 Å². The highest BCUT2D eigenvalue weighted by Crippen LogP contribution is 2.40. The van der Waals surface area contributed by atoms with Crippen LogP contribution in [0.3, 0.4) is 0 Å². The zero-order valence-electron chi connectivity index (χ0n) is 23.1. The number of esters is 2. The van der Waals surface area contributed by atoms with Gasteiger partial charge in [-0.2, -0.15) is 0 Å². The summed E-state index contributed by atoms with van der Waals surface area (Å²) in [5.41, 5.74) is 0. The van der Waals surface area contributed by atoms with Crippen molar-refractivity contribution in [3.05, 3.63) is 0 Å². The first-order chi connectivity index (χ1) is 16.5. The van der Waals surface area contributed by atoms with Crippen molar-refractivity contribution in [1.29, 1.82) is 0 Å². The van der Waals surface area contributed by atoms with Crippen molar-refractivity contribution in [2.75, 3.05) is 13.2 Å². The summed E-state index contributed by atoms with van der Waals surface area (Å²) in [7, 11) is 0. The Labute approximate surface area is 211 Å². The Hall–Kier alpha value is -1.06. The van der Waals surface area contributed by atoms with Crippen LogP contribution in [0.2, 0.25) is 0 Å². The summed E-state index contributed by atoms with van der Waals surface area (Å²) in [5, 5.41) is 0. The Morgan fingerprint density at radius 2 is 1.00 bits per heavy atom. The summed E-state index contributed by atoms with van der Waals surface area (Å²) in [6, 6.07) is 0. The zero-order chi connectivity index (χ0) is 25.0. The fourth-order valence-electron chi connectivity index (χ4n) is 5.27. The van der Waals surface area contributed by atoms with Crippen LogP contribution >= 0.6 is 0 Å². The molecule has 0 aromatic heterocycles. The molecule has 1 aliphatic carbocycles. The van der Waals surface area contributed by atoms with Crippen molar-refractivity contribution >= 4 is 11.9 Å². The number of hydrogen-bond donors (Lipinski definition) is 0. The van der Waals surface area contributed by atoms with E-state index >= 15 is 0 Å². The molecule has 1 aliphatic rings. The molecule has 0 aromatic rings. The zero-order valence-corrected chi connectivity index (χ0v) is 23.1. The minimum absolute atomic E-state index is 0.153. The predicted molar refractivity (Wildman–Crippen MR) is 142 cm³/mol. The van der Waals surface area contributed by atoms with Gasteiger partial charge in [-0.1, -0.05) is 118 Å². The molecular formula is C30H56O4. The molecule has 34 heavy (non-hydrogen) atoms. The summed E-state index contributed by atoms with van der Waals surface area (Å²) >= 11 is 0. The van der Waals surface area contributed by atoms with E-state index in [1.54, 1.807) is 0 Å². The molecule has 0 N–H and O–H groups in total. The van der Waals surface area contributed by atoms with E-state index in [4.69, 9.17) is 9.47 Å². The lowest BCUT2D eigenvalue weighted by Crippen LogP contribution is -2.42. The average Bonchev–Trinajstić information content (AvgIpc) is 2.83. The summed E-state index contributed by atoms with van der Waals surface area (Å²) in [4.78, 5) is 25.8. The van der Waals surface area contributed by atoms with Gasteiger partial charge in [-0.3, -0.25) is 9.59 Å². The first-order valence-electron chi connectivity index (χ1n) is 14.9. The van der Waals surface area contributed by atoms with E-state index in [0.717, 1.165) is 38.5 Å². The number of hydrogen-bond acceptors (Lipinski definition) is 4. The van der Waals surface area contributed by atoms with Crippen molar-refractivity contribution in [1.82, 2.24) is 0 Å². The van der Waals surface area contributed by atoms with Gasteiger partial charge in [0.05, 0.1) is 25.0 Å². The van der Waals surface area contributed by atoms with Crippen LogP contribution < -0.4 is 0 Å². The Bertz CT molecular complexity index is 518. The van der Waals surface area contributed by atoms with E-state index in [2.05, 4.69) is 27.7 Å². The molecular weight excluding hydrogens is 424 g/mol. The van der Waals surface area contributed by atoms with E-state index in [9.17, 15) is 9.59 Å². The van der Waals surface area contributed by atoms with Crippen LogP contribution in [-0.4, -0.2) is 25.2 Å². The molecule has 0 heterocycles. The van der Waals surface area contributed by atoms with Gasteiger partial charge < -0.3 is 9.47 Å². The molecule has 1 fully saturated rings. The van der Waals surface area contributed by atoms with Crippen molar-refractivity contribution < 1.29 is 19.1 Å². The molecule has 1 rings (SSSR count). The smallest absolute Gasteiger partial charge is 0.310 e. The Balaban J connectivity index is 2.31. The average molecular weight is 481 g/mol. The van der Waals surface area contributed by atoms with E-state index < -0.39 is 0 Å². The maximum atomic E-state index is 13.0. The van der Waals surface area contributed by atoms with Gasteiger partial charge in [0, 0.05) is 0 Å². The van der Waals surface area contributed by atoms with Gasteiger partial charge in [0.2, 0.25) is 0 Å². The first kappa shape index (κ1) is 31.0. The van der Waals surface area contributed by atoms with Gasteiger partial charge in [-0.25, -0.2) is 0 Å². The molecule has 1 saturated carbocycles. The predicted octanol–water partition coefficient (Wildman–Crippen LogP) is 8.65. The molecule has 0 amide bonds. The molecule has 0 radical (unpaired) electrons. The lowest BCUT2D eigenvalue weighted by molar-refractivity contribution is -0.167. The number of rotatable bonds is 20. The highest BCUT2D eigenvalue weighted by molar-refractivity contribution is 5.82. The molecule has 4 heteroatoms. The largest absolute Gasteiger partial charge is 0.465 e. The Morgan fingerprint density at radius 3 is 1.47 bits per heavy atom. The van der Waals surface area contributed by atoms with E-state index in [1.165, 1.54) is 77.0 Å². The third-order valence-electron chi connectivity index (χ3n) is 7.89. The molecule has 4 nitrogen and oxygen atoms in total. The first-order valence-corrected chi connectivity index (χ1v) is 14.9. The highest BCUT2D eigenvalue weighted by Gasteiger charge is 2.44. The fraction of sp³-hybridized carbons (Fsp3) is 0.933. The Morgan fingerprint density at radius 1 is 0.588 bits per heavy atom. The number of unbranched alkanes of at least 4 members (excludes halogenated alkanes) is 14. The lowest BCUT2D eigenvalue weighted by atomic mass is 9.68. The van der Waals surface area contributed by atoms with Crippen LogP contribution in [0.5, 0.6) is 0 Å². The topological polar surface area (TPSA) is 52.6 Å². The van der Waals surface area contributed by atoms with Crippen molar-refractivity contribution in [3.8, 4) is 0 Å². The van der Waals surface area contributed by atoms with Gasteiger partial charge in [0.15, 0.2) is 0 Å². The van der Waals surface area contributed by atoms with Gasteiger partial charge in [-0.05, 0) is 37.5 Å². The summed E-state index contributed by atoms with van der Waals surface area (Å²) < 4.78 is 11.3. The third kappa shape index (κ3) is 13.1. The van der Waals surface area contributed by atoms with Crippen LogP contribution in [0.1, 0.15) is 143 Å². The van der Waals surface area contributed by atoms with E-state index in [1.807, 2.05) is 0 Å². The summed E-state index contributed by atoms with van der Waals surface area (Å²) in [6.07, 6.45) is 21.3. The van der Waals surface area contributed by atoms with E-state index in [-0.39, 0.29) is 29.7 Å². The number of carbonyl (C=O) groups is 2. The van der Waals surface area contributed by atoms with Crippen molar-refractivity contribution in [2.45, 2.75) is 143 Å². The van der Waals surface area contributed by atoms with Gasteiger partial charge in [0.1, 0.15) is 0 Å². The molecule has 0 aliphatic heterocycles. The van der Waals surface area contributed by atoms with Crippen LogP contribution in [0.4, 0.5) is 0 Å². The Kier molecular flexibility index (Phi) is 18.4. The van der Waals surface area contributed by atoms with Crippen molar-refractivity contribution in [3.63, 3.8) is 0 Å². The SMILES string of the molecule is CCCCCCCCCCOC(=O)C1CCC(C)C(C)C1C(=O)OCCCCCCCCCC. The molecule has 0 bridgehead atoms. The lowest BCUT2D eigenvalue weighted by Gasteiger charge is -2.37. The van der Waals surface area contributed by atoms with Crippen LogP contribution in [-0.2, 0) is 19.1 Å². The maximum absolute atomic E-state index is 13.0. The minimum Gasteiger partial charge on any atom is -0.465 e. The third-order valence-corrected chi connectivity index (χ3v) is 7.89. The van der Waals surface area contributed by atoms with E-state index in [0.29, 0.717) is 19.1 Å². The summed E-state index contributed by atoms with van der Waals surface area (Å²) in [6.45, 7) is 9.73. The second-order valence-corrected chi connectivity index (χ2v) is 10.8. The van der Waals surface area contributed by atoms with Gasteiger partial charge in [-0.15, -0.1) is 0 Å². The van der Waals surface area contributed by atoms with Gasteiger partial charge >= 0.3 is 11.9 Å². The number of carbonyl (C=O) groups excluding carboxylic acids is 2. The quantitative estimate of drug-likeness (QED) is 0.129. The van der Waals surface area contributed by atoms with Crippen LogP contribution in [0.25, 0.3) is 0 Å². The monoisotopic (exact) mass is 480 g/mol. The molecule has 4 atom stereocenters. The molecule has 4 unspecified atom stereocenters. The maximum Gasteiger partial charge on any atom is 0.310 e. The summed E-state index contributed by atoms with van der Waals surface area (Å²) in [5.74, 6) is -0.486. The highest BCUT2D eigenvalue weighted by atomic mass is 16.5. The molecule has 0 saturated heterocycles. The van der Waals surface area contributed by atoms with Crippen molar-refractivity contribution in [2.24, 2.45) is 23.7 Å². The second-order valence-electron chi connectivity index (χ2n) is 10.8. The molecule has 0 spiro atoms. The second kappa shape index (κ2) is 20.2. The molecule has 0 aromatic carbocycles. The van der Waals surface area contributed by atoms with Gasteiger partial charge in [0.25, 0.3) is 0 Å².